The number of anilines is 1. The molecule has 0 aliphatic carbocycles. The Kier molecular flexibility index (Phi) is 5.46. The van der Waals surface area contributed by atoms with Gasteiger partial charge in [0.25, 0.3) is 5.91 Å². The lowest BCUT2D eigenvalue weighted by Crippen LogP contribution is -2.41. The summed E-state index contributed by atoms with van der Waals surface area (Å²) in [6.07, 6.45) is 1.66. The van der Waals surface area contributed by atoms with Crippen LogP contribution in [0.1, 0.15) is 21.5 Å². The summed E-state index contributed by atoms with van der Waals surface area (Å²) < 4.78 is 5.37. The van der Waals surface area contributed by atoms with Crippen LogP contribution in [0.5, 0.6) is 0 Å². The van der Waals surface area contributed by atoms with Crippen LogP contribution in [-0.2, 0) is 11.3 Å². The molecule has 4 rings (SSSR count). The summed E-state index contributed by atoms with van der Waals surface area (Å²) in [5, 5.41) is 4.92. The van der Waals surface area contributed by atoms with Crippen molar-refractivity contribution in [2.24, 2.45) is 0 Å². The van der Waals surface area contributed by atoms with Crippen LogP contribution in [0.4, 0.5) is 5.69 Å². The molecule has 0 radical (unpaired) electrons. The molecule has 1 N–H and O–H groups in total. The van der Waals surface area contributed by atoms with E-state index in [-0.39, 0.29) is 5.91 Å². The lowest BCUT2D eigenvalue weighted by Gasteiger charge is -2.28. The van der Waals surface area contributed by atoms with E-state index in [2.05, 4.69) is 41.5 Å². The van der Waals surface area contributed by atoms with E-state index < -0.39 is 0 Å². The number of aromatic nitrogens is 1. The van der Waals surface area contributed by atoms with E-state index in [1.807, 2.05) is 23.1 Å². The number of carbonyl (C=O) groups is 1. The number of fused-ring (bicyclic) bond motifs is 1. The fraction of sp³-hybridized carbons (Fsp3) is 0.273. The monoisotopic (exact) mass is 395 g/mol. The minimum atomic E-state index is -0.0379. The summed E-state index contributed by atoms with van der Waals surface area (Å²) in [5.74, 6) is -0.0379. The second-order valence-corrected chi connectivity index (χ2v) is 7.39. The molecule has 0 bridgehead atoms. The van der Waals surface area contributed by atoms with Crippen molar-refractivity contribution >= 4 is 34.1 Å². The number of morpholine rings is 1. The first kappa shape index (κ1) is 18.7. The Hall–Kier alpha value is -2.63. The first-order valence-electron chi connectivity index (χ1n) is 9.36. The number of ether oxygens (including phenoxy) is 1. The molecule has 1 aromatic heterocycles. The molecule has 1 aliphatic rings. The first-order valence-corrected chi connectivity index (χ1v) is 9.74. The van der Waals surface area contributed by atoms with Crippen LogP contribution in [-0.4, -0.2) is 42.1 Å². The highest BCUT2D eigenvalue weighted by atomic mass is 35.5. The smallest absolute Gasteiger partial charge is 0.257 e. The zero-order valence-corrected chi connectivity index (χ0v) is 16.5. The molecule has 1 fully saturated rings. The summed E-state index contributed by atoms with van der Waals surface area (Å²) in [6, 6.07) is 13.9. The highest BCUT2D eigenvalue weighted by molar-refractivity contribution is 6.31. The molecule has 2 aromatic carbocycles. The molecule has 1 aliphatic heterocycles. The molecular weight excluding hydrogens is 374 g/mol. The van der Waals surface area contributed by atoms with Crippen LogP contribution >= 0.6 is 11.6 Å². The zero-order valence-electron chi connectivity index (χ0n) is 15.7. The molecule has 0 saturated carbocycles. The summed E-state index contributed by atoms with van der Waals surface area (Å²) in [6.45, 7) is 4.97. The zero-order chi connectivity index (χ0) is 19.5. The highest BCUT2D eigenvalue weighted by Crippen LogP contribution is 2.30. The first-order chi connectivity index (χ1) is 13.6. The lowest BCUT2D eigenvalue weighted by atomic mass is 10.1. The number of pyridine rings is 1. The summed E-state index contributed by atoms with van der Waals surface area (Å²) >= 11 is 6.24. The number of benzene rings is 2. The van der Waals surface area contributed by atoms with Gasteiger partial charge in [-0.05, 0) is 30.7 Å². The number of amides is 1. The van der Waals surface area contributed by atoms with Gasteiger partial charge < -0.3 is 15.0 Å². The van der Waals surface area contributed by atoms with Crippen LogP contribution in [0.2, 0.25) is 5.02 Å². The van der Waals surface area contributed by atoms with Gasteiger partial charge in [0.05, 0.1) is 30.0 Å². The Balaban J connectivity index is 1.72. The van der Waals surface area contributed by atoms with Gasteiger partial charge in [0.1, 0.15) is 0 Å². The lowest BCUT2D eigenvalue weighted by molar-refractivity contribution is 0.0303. The Morgan fingerprint density at radius 2 is 1.93 bits per heavy atom. The number of hydrogen-bond acceptors (Lipinski definition) is 4. The second kappa shape index (κ2) is 8.17. The van der Waals surface area contributed by atoms with Gasteiger partial charge in [-0.15, -0.1) is 0 Å². The van der Waals surface area contributed by atoms with Crippen molar-refractivity contribution in [1.82, 2.24) is 9.88 Å². The van der Waals surface area contributed by atoms with E-state index in [0.717, 1.165) is 22.2 Å². The molecule has 1 amide bonds. The maximum absolute atomic E-state index is 13.2. The molecule has 5 nitrogen and oxygen atoms in total. The standard InChI is InChI=1S/C22H22ClN3O2/c1-15-2-4-16(5-3-15)13-25-21-18-12-17(23)6-7-20(18)24-14-19(21)22(27)26-8-10-28-11-9-26/h2-7,12,14H,8-11,13H2,1H3,(H,24,25). The molecule has 0 atom stereocenters. The number of rotatable bonds is 4. The van der Waals surface area contributed by atoms with Gasteiger partial charge in [-0.25, -0.2) is 0 Å². The fourth-order valence-electron chi connectivity index (χ4n) is 3.35. The number of nitrogens with one attached hydrogen (secondary N) is 1. The van der Waals surface area contributed by atoms with Crippen molar-refractivity contribution in [1.29, 1.82) is 0 Å². The van der Waals surface area contributed by atoms with Crippen molar-refractivity contribution < 1.29 is 9.53 Å². The SMILES string of the molecule is Cc1ccc(CNc2c(C(=O)N3CCOCC3)cnc3ccc(Cl)cc23)cc1. The summed E-state index contributed by atoms with van der Waals surface area (Å²) in [4.78, 5) is 19.5. The molecule has 28 heavy (non-hydrogen) atoms. The fourth-order valence-corrected chi connectivity index (χ4v) is 3.52. The molecule has 144 valence electrons. The predicted octanol–water partition coefficient (Wildman–Crippen LogP) is 4.28. The molecule has 1 saturated heterocycles. The van der Waals surface area contributed by atoms with Crippen LogP contribution in [0.3, 0.4) is 0 Å². The minimum absolute atomic E-state index is 0.0379. The summed E-state index contributed by atoms with van der Waals surface area (Å²) in [5.41, 5.74) is 4.48. The van der Waals surface area contributed by atoms with E-state index in [9.17, 15) is 4.79 Å². The molecule has 0 unspecified atom stereocenters. The van der Waals surface area contributed by atoms with E-state index in [1.54, 1.807) is 6.20 Å². The topological polar surface area (TPSA) is 54.5 Å². The van der Waals surface area contributed by atoms with Crippen molar-refractivity contribution in [3.8, 4) is 0 Å². The normalized spacial score (nSPS) is 14.3. The third-order valence-electron chi connectivity index (χ3n) is 4.95. The van der Waals surface area contributed by atoms with E-state index >= 15 is 0 Å². The molecule has 3 aromatic rings. The van der Waals surface area contributed by atoms with Gasteiger partial charge >= 0.3 is 0 Å². The van der Waals surface area contributed by atoms with E-state index in [1.165, 1.54) is 5.56 Å². The van der Waals surface area contributed by atoms with Crippen molar-refractivity contribution in [3.05, 3.63) is 70.4 Å². The van der Waals surface area contributed by atoms with Gasteiger partial charge in [0, 0.05) is 36.2 Å². The molecule has 2 heterocycles. The van der Waals surface area contributed by atoms with Gasteiger partial charge in [-0.2, -0.15) is 0 Å². The molecular formula is C22H22ClN3O2. The Morgan fingerprint density at radius 1 is 1.18 bits per heavy atom. The Labute approximate surface area is 169 Å². The highest BCUT2D eigenvalue weighted by Gasteiger charge is 2.23. The van der Waals surface area contributed by atoms with Crippen LogP contribution in [0, 0.1) is 6.92 Å². The summed E-state index contributed by atoms with van der Waals surface area (Å²) in [7, 11) is 0. The largest absolute Gasteiger partial charge is 0.380 e. The third-order valence-corrected chi connectivity index (χ3v) is 5.18. The van der Waals surface area contributed by atoms with Gasteiger partial charge in [0.15, 0.2) is 0 Å². The van der Waals surface area contributed by atoms with E-state index in [4.69, 9.17) is 16.3 Å². The average molecular weight is 396 g/mol. The minimum Gasteiger partial charge on any atom is -0.380 e. The third kappa shape index (κ3) is 3.96. The second-order valence-electron chi connectivity index (χ2n) is 6.95. The van der Waals surface area contributed by atoms with Crippen LogP contribution in [0.15, 0.2) is 48.7 Å². The maximum Gasteiger partial charge on any atom is 0.257 e. The maximum atomic E-state index is 13.2. The van der Waals surface area contributed by atoms with Crippen molar-refractivity contribution in [2.45, 2.75) is 13.5 Å². The van der Waals surface area contributed by atoms with Gasteiger partial charge in [0.2, 0.25) is 0 Å². The quantitative estimate of drug-likeness (QED) is 0.716. The number of nitrogens with zero attached hydrogens (tertiary/aromatic N) is 2. The number of aryl methyl sites for hydroxylation is 1. The number of carbonyl (C=O) groups excluding carboxylic acids is 1. The molecule has 6 heteroatoms. The molecule has 0 spiro atoms. The van der Waals surface area contributed by atoms with Gasteiger partial charge in [-0.1, -0.05) is 41.4 Å². The average Bonchev–Trinajstić information content (AvgIpc) is 2.73. The van der Waals surface area contributed by atoms with Crippen LogP contribution in [0.25, 0.3) is 10.9 Å². The van der Waals surface area contributed by atoms with Crippen molar-refractivity contribution in [3.63, 3.8) is 0 Å². The van der Waals surface area contributed by atoms with Crippen molar-refractivity contribution in [2.75, 3.05) is 31.6 Å². The van der Waals surface area contributed by atoms with Crippen LogP contribution < -0.4 is 5.32 Å². The predicted molar refractivity (Wildman–Crippen MR) is 112 cm³/mol. The number of halogens is 1. The Bertz CT molecular complexity index is 999. The van der Waals surface area contributed by atoms with Gasteiger partial charge in [-0.3, -0.25) is 9.78 Å². The van der Waals surface area contributed by atoms with E-state index in [0.29, 0.717) is 43.4 Å². The number of hydrogen-bond donors (Lipinski definition) is 1. The Morgan fingerprint density at radius 3 is 2.68 bits per heavy atom.